The van der Waals surface area contributed by atoms with Crippen molar-refractivity contribution in [3.63, 3.8) is 0 Å². The average molecular weight is 388 g/mol. The van der Waals surface area contributed by atoms with Gasteiger partial charge in [0.2, 0.25) is 0 Å². The van der Waals surface area contributed by atoms with E-state index >= 15 is 0 Å². The van der Waals surface area contributed by atoms with Gasteiger partial charge in [-0.25, -0.2) is 0 Å². The summed E-state index contributed by atoms with van der Waals surface area (Å²) in [6.45, 7) is 5.31. The van der Waals surface area contributed by atoms with E-state index < -0.39 is 5.60 Å². The molecule has 0 saturated heterocycles. The Morgan fingerprint density at radius 3 is 2.07 bits per heavy atom. The summed E-state index contributed by atoms with van der Waals surface area (Å²) >= 11 is 0. The van der Waals surface area contributed by atoms with Gasteiger partial charge in [0.1, 0.15) is 5.75 Å². The van der Waals surface area contributed by atoms with Crippen molar-refractivity contribution in [2.24, 2.45) is 0 Å². The van der Waals surface area contributed by atoms with Crippen LogP contribution >= 0.6 is 0 Å². The zero-order chi connectivity index (χ0) is 20.9. The molecule has 0 aliphatic carbocycles. The summed E-state index contributed by atoms with van der Waals surface area (Å²) in [5, 5.41) is 5.77. The van der Waals surface area contributed by atoms with Crippen molar-refractivity contribution in [3.05, 3.63) is 90.0 Å². The van der Waals surface area contributed by atoms with Crippen LogP contribution < -0.4 is 15.4 Å². The molecule has 0 unspecified atom stereocenters. The number of nitrogens with one attached hydrogen (secondary N) is 2. The molecule has 0 atom stereocenters. The number of aryl methyl sites for hydroxylation is 1. The minimum Gasteiger partial charge on any atom is -0.478 e. The quantitative estimate of drug-likeness (QED) is 0.621. The number of hydrogen-bond acceptors (Lipinski definition) is 3. The molecule has 29 heavy (non-hydrogen) atoms. The molecule has 3 rings (SSSR count). The number of rotatable bonds is 6. The number of carbonyl (C=O) groups is 2. The summed E-state index contributed by atoms with van der Waals surface area (Å²) in [7, 11) is 0. The molecule has 0 bridgehead atoms. The first-order valence-electron chi connectivity index (χ1n) is 9.38. The van der Waals surface area contributed by atoms with E-state index in [1.54, 1.807) is 38.1 Å². The van der Waals surface area contributed by atoms with E-state index in [2.05, 4.69) is 10.6 Å². The highest BCUT2D eigenvalue weighted by atomic mass is 16.5. The maximum atomic E-state index is 12.7. The molecule has 0 radical (unpaired) electrons. The first-order valence-corrected chi connectivity index (χ1v) is 9.38. The van der Waals surface area contributed by atoms with Gasteiger partial charge >= 0.3 is 0 Å². The third-order valence-corrected chi connectivity index (χ3v) is 4.43. The molecule has 148 valence electrons. The SMILES string of the molecule is Cc1cc(NC(=O)C(C)(C)Oc2ccccc2)ccc1NC(=O)c1ccccc1. The minimum atomic E-state index is -1.05. The van der Waals surface area contributed by atoms with Crippen LogP contribution in [0.2, 0.25) is 0 Å². The summed E-state index contributed by atoms with van der Waals surface area (Å²) < 4.78 is 5.82. The molecule has 3 aromatic rings. The van der Waals surface area contributed by atoms with Crippen LogP contribution in [0.15, 0.2) is 78.9 Å². The van der Waals surface area contributed by atoms with E-state index in [0.717, 1.165) is 5.56 Å². The lowest BCUT2D eigenvalue weighted by atomic mass is 10.1. The van der Waals surface area contributed by atoms with Crippen molar-refractivity contribution in [3.8, 4) is 5.75 Å². The van der Waals surface area contributed by atoms with Gasteiger partial charge in [-0.15, -0.1) is 0 Å². The van der Waals surface area contributed by atoms with Gasteiger partial charge in [-0.1, -0.05) is 36.4 Å². The number of amides is 2. The fraction of sp³-hybridized carbons (Fsp3) is 0.167. The Kier molecular flexibility index (Phi) is 5.98. The van der Waals surface area contributed by atoms with Gasteiger partial charge in [-0.2, -0.15) is 0 Å². The molecule has 2 N–H and O–H groups in total. The molecule has 3 aromatic carbocycles. The zero-order valence-electron chi connectivity index (χ0n) is 16.7. The number of anilines is 2. The number of hydrogen-bond donors (Lipinski definition) is 2. The lowest BCUT2D eigenvalue weighted by Gasteiger charge is -2.25. The highest BCUT2D eigenvalue weighted by Crippen LogP contribution is 2.23. The van der Waals surface area contributed by atoms with Crippen LogP contribution in [-0.4, -0.2) is 17.4 Å². The summed E-state index contributed by atoms with van der Waals surface area (Å²) in [5.74, 6) is 0.188. The van der Waals surface area contributed by atoms with E-state index in [4.69, 9.17) is 4.74 Å². The number of para-hydroxylation sites is 1. The second kappa shape index (κ2) is 8.61. The van der Waals surface area contributed by atoms with Crippen LogP contribution in [-0.2, 0) is 4.79 Å². The minimum absolute atomic E-state index is 0.178. The van der Waals surface area contributed by atoms with Crippen LogP contribution in [0.25, 0.3) is 0 Å². The maximum absolute atomic E-state index is 12.7. The number of benzene rings is 3. The van der Waals surface area contributed by atoms with E-state index in [1.165, 1.54) is 0 Å². The first kappa shape index (κ1) is 20.1. The second-order valence-corrected chi connectivity index (χ2v) is 7.23. The second-order valence-electron chi connectivity index (χ2n) is 7.23. The van der Waals surface area contributed by atoms with Gasteiger partial charge in [0, 0.05) is 16.9 Å². The van der Waals surface area contributed by atoms with E-state index in [1.807, 2.05) is 61.5 Å². The topological polar surface area (TPSA) is 67.4 Å². The molecule has 5 nitrogen and oxygen atoms in total. The van der Waals surface area contributed by atoms with Crippen LogP contribution in [0.1, 0.15) is 29.8 Å². The zero-order valence-corrected chi connectivity index (χ0v) is 16.7. The van der Waals surface area contributed by atoms with Crippen molar-refractivity contribution < 1.29 is 14.3 Å². The Labute approximate surface area is 170 Å². The standard InChI is InChI=1S/C24H24N2O3/c1-17-16-19(14-15-21(17)26-22(27)18-10-6-4-7-11-18)25-23(28)24(2,3)29-20-12-8-5-9-13-20/h4-16H,1-3H3,(H,25,28)(H,26,27). The van der Waals surface area contributed by atoms with Gasteiger partial charge in [-0.05, 0) is 68.8 Å². The van der Waals surface area contributed by atoms with E-state index in [0.29, 0.717) is 22.7 Å². The van der Waals surface area contributed by atoms with Crippen molar-refractivity contribution in [2.75, 3.05) is 10.6 Å². The monoisotopic (exact) mass is 388 g/mol. The van der Waals surface area contributed by atoms with Crippen molar-refractivity contribution in [2.45, 2.75) is 26.4 Å². The smallest absolute Gasteiger partial charge is 0.267 e. The molecule has 5 heteroatoms. The van der Waals surface area contributed by atoms with Gasteiger partial charge in [0.15, 0.2) is 5.60 Å². The Hall–Kier alpha value is -3.60. The molecular formula is C24H24N2O3. The van der Waals surface area contributed by atoms with Crippen LogP contribution in [0.4, 0.5) is 11.4 Å². The van der Waals surface area contributed by atoms with Crippen LogP contribution in [0.5, 0.6) is 5.75 Å². The van der Waals surface area contributed by atoms with Gasteiger partial charge in [0.25, 0.3) is 11.8 Å². The lowest BCUT2D eigenvalue weighted by molar-refractivity contribution is -0.128. The lowest BCUT2D eigenvalue weighted by Crippen LogP contribution is -2.42. The fourth-order valence-corrected chi connectivity index (χ4v) is 2.78. The summed E-state index contributed by atoms with van der Waals surface area (Å²) in [6, 6.07) is 23.6. The molecule has 0 aliphatic heterocycles. The summed E-state index contributed by atoms with van der Waals surface area (Å²) in [4.78, 5) is 25.0. The molecule has 0 heterocycles. The normalized spacial score (nSPS) is 10.9. The number of carbonyl (C=O) groups excluding carboxylic acids is 2. The third kappa shape index (κ3) is 5.23. The Bertz CT molecular complexity index is 999. The highest BCUT2D eigenvalue weighted by Gasteiger charge is 2.30. The van der Waals surface area contributed by atoms with Gasteiger partial charge < -0.3 is 15.4 Å². The number of ether oxygens (including phenoxy) is 1. The van der Waals surface area contributed by atoms with E-state index in [-0.39, 0.29) is 11.8 Å². The maximum Gasteiger partial charge on any atom is 0.267 e. The molecule has 0 aliphatic rings. The molecule has 2 amide bonds. The Morgan fingerprint density at radius 1 is 0.828 bits per heavy atom. The highest BCUT2D eigenvalue weighted by molar-refractivity contribution is 6.05. The molecule has 0 saturated carbocycles. The van der Waals surface area contributed by atoms with Crippen molar-refractivity contribution >= 4 is 23.2 Å². The van der Waals surface area contributed by atoms with Crippen molar-refractivity contribution in [1.82, 2.24) is 0 Å². The Balaban J connectivity index is 1.66. The summed E-state index contributed by atoms with van der Waals surface area (Å²) in [5.41, 5.74) is 1.71. The average Bonchev–Trinajstić information content (AvgIpc) is 2.71. The first-order chi connectivity index (χ1) is 13.8. The van der Waals surface area contributed by atoms with Gasteiger partial charge in [0.05, 0.1) is 0 Å². The Morgan fingerprint density at radius 2 is 1.45 bits per heavy atom. The third-order valence-electron chi connectivity index (χ3n) is 4.43. The molecule has 0 spiro atoms. The molecular weight excluding hydrogens is 364 g/mol. The predicted molar refractivity (Wildman–Crippen MR) is 115 cm³/mol. The van der Waals surface area contributed by atoms with Gasteiger partial charge in [-0.3, -0.25) is 9.59 Å². The van der Waals surface area contributed by atoms with Crippen LogP contribution in [0.3, 0.4) is 0 Å². The van der Waals surface area contributed by atoms with E-state index in [9.17, 15) is 9.59 Å². The molecule has 0 fully saturated rings. The molecule has 0 aromatic heterocycles. The largest absolute Gasteiger partial charge is 0.478 e. The van der Waals surface area contributed by atoms with Crippen molar-refractivity contribution in [1.29, 1.82) is 0 Å². The van der Waals surface area contributed by atoms with Crippen LogP contribution in [0, 0.1) is 6.92 Å². The predicted octanol–water partition coefficient (Wildman–Crippen LogP) is 5.04. The summed E-state index contributed by atoms with van der Waals surface area (Å²) in [6.07, 6.45) is 0. The fourth-order valence-electron chi connectivity index (χ4n) is 2.78.